The van der Waals surface area contributed by atoms with Crippen LogP contribution in [0.3, 0.4) is 0 Å². The summed E-state index contributed by atoms with van der Waals surface area (Å²) in [6, 6.07) is 7.39. The Morgan fingerprint density at radius 1 is 1.27 bits per heavy atom. The zero-order valence-corrected chi connectivity index (χ0v) is 8.57. The molecule has 1 unspecified atom stereocenters. The van der Waals surface area contributed by atoms with Crippen LogP contribution in [-0.2, 0) is 4.74 Å². The number of epoxide rings is 1. The van der Waals surface area contributed by atoms with E-state index >= 15 is 0 Å². The van der Waals surface area contributed by atoms with E-state index in [1.54, 1.807) is 6.26 Å². The summed E-state index contributed by atoms with van der Waals surface area (Å²) < 4.78 is 10.5. The lowest BCUT2D eigenvalue weighted by molar-refractivity contribution is 0.410. The molecule has 2 aromatic rings. The second-order valence-electron chi connectivity index (χ2n) is 3.41. The number of rotatable bonds is 2. The summed E-state index contributed by atoms with van der Waals surface area (Å²) in [5.74, 6) is 0.608. The Morgan fingerprint density at radius 2 is 2.00 bits per heavy atom. The van der Waals surface area contributed by atoms with Gasteiger partial charge in [0.25, 0.3) is 0 Å². The summed E-state index contributed by atoms with van der Waals surface area (Å²) in [6.45, 7) is 0.743. The van der Waals surface area contributed by atoms with Gasteiger partial charge in [0, 0.05) is 10.6 Å². The quantitative estimate of drug-likeness (QED) is 0.732. The first kappa shape index (κ1) is 8.95. The first-order valence-electron chi connectivity index (χ1n) is 4.66. The molecular formula is C11H8ClNO2. The van der Waals surface area contributed by atoms with Crippen molar-refractivity contribution in [3.05, 3.63) is 41.2 Å². The summed E-state index contributed by atoms with van der Waals surface area (Å²) in [4.78, 5) is 4.34. The second kappa shape index (κ2) is 3.36. The molecule has 1 saturated heterocycles. The Balaban J connectivity index is 1.93. The third-order valence-electron chi connectivity index (χ3n) is 2.28. The normalized spacial score (nSPS) is 19.1. The second-order valence-corrected chi connectivity index (χ2v) is 3.84. The number of aromatic nitrogens is 1. The number of hydrogen-bond acceptors (Lipinski definition) is 3. The van der Waals surface area contributed by atoms with Gasteiger partial charge >= 0.3 is 0 Å². The molecule has 1 aliphatic heterocycles. The summed E-state index contributed by atoms with van der Waals surface area (Å²) in [5.41, 5.74) is 1.78. The van der Waals surface area contributed by atoms with Crippen LogP contribution in [0.1, 0.15) is 11.8 Å². The molecule has 0 saturated carbocycles. The number of ether oxygens (including phenoxy) is 1. The molecule has 3 nitrogen and oxygen atoms in total. The van der Waals surface area contributed by atoms with Crippen molar-refractivity contribution < 1.29 is 9.15 Å². The van der Waals surface area contributed by atoms with E-state index in [2.05, 4.69) is 4.98 Å². The summed E-state index contributed by atoms with van der Waals surface area (Å²) in [5, 5.41) is 0.705. The lowest BCUT2D eigenvalue weighted by Gasteiger charge is -1.94. The Labute approximate surface area is 91.6 Å². The highest BCUT2D eigenvalue weighted by atomic mass is 35.5. The predicted octanol–water partition coefficient (Wildman–Crippen LogP) is 3.07. The highest BCUT2D eigenvalue weighted by Gasteiger charge is 2.28. The van der Waals surface area contributed by atoms with E-state index in [9.17, 15) is 0 Å². The zero-order chi connectivity index (χ0) is 10.3. The molecule has 15 heavy (non-hydrogen) atoms. The average Bonchev–Trinajstić information content (AvgIpc) is 2.99. The van der Waals surface area contributed by atoms with Crippen molar-refractivity contribution in [3.8, 4) is 11.5 Å². The van der Waals surface area contributed by atoms with Crippen molar-refractivity contribution in [2.24, 2.45) is 0 Å². The fourth-order valence-electron chi connectivity index (χ4n) is 1.38. The van der Waals surface area contributed by atoms with Gasteiger partial charge < -0.3 is 9.15 Å². The lowest BCUT2D eigenvalue weighted by Crippen LogP contribution is -1.81. The monoisotopic (exact) mass is 221 g/mol. The third-order valence-corrected chi connectivity index (χ3v) is 2.53. The van der Waals surface area contributed by atoms with E-state index in [1.807, 2.05) is 24.3 Å². The molecule has 0 amide bonds. The third kappa shape index (κ3) is 1.76. The maximum atomic E-state index is 5.79. The number of oxazole rings is 1. The van der Waals surface area contributed by atoms with Crippen molar-refractivity contribution in [2.45, 2.75) is 6.10 Å². The Kier molecular flexibility index (Phi) is 2.01. The molecule has 0 N–H and O–H groups in total. The molecule has 0 radical (unpaired) electrons. The summed E-state index contributed by atoms with van der Waals surface area (Å²) >= 11 is 5.79. The van der Waals surface area contributed by atoms with Gasteiger partial charge in [0.15, 0.2) is 0 Å². The van der Waals surface area contributed by atoms with Crippen LogP contribution < -0.4 is 0 Å². The lowest BCUT2D eigenvalue weighted by atomic mass is 10.2. The van der Waals surface area contributed by atoms with Crippen molar-refractivity contribution in [1.82, 2.24) is 4.98 Å². The van der Waals surface area contributed by atoms with Crippen LogP contribution in [0.15, 0.2) is 34.9 Å². The highest BCUT2D eigenvalue weighted by molar-refractivity contribution is 6.30. The van der Waals surface area contributed by atoms with E-state index in [1.165, 1.54) is 0 Å². The zero-order valence-electron chi connectivity index (χ0n) is 7.81. The predicted molar refractivity (Wildman–Crippen MR) is 55.6 cm³/mol. The van der Waals surface area contributed by atoms with E-state index in [0.29, 0.717) is 10.9 Å². The van der Waals surface area contributed by atoms with Gasteiger partial charge in [-0.1, -0.05) is 11.6 Å². The molecule has 1 aromatic heterocycles. The topological polar surface area (TPSA) is 38.6 Å². The molecule has 1 aliphatic rings. The van der Waals surface area contributed by atoms with Gasteiger partial charge in [-0.25, -0.2) is 4.98 Å². The smallest absolute Gasteiger partial charge is 0.226 e. The molecule has 1 atom stereocenters. The maximum Gasteiger partial charge on any atom is 0.226 e. The van der Waals surface area contributed by atoms with Crippen LogP contribution in [0.25, 0.3) is 11.5 Å². The van der Waals surface area contributed by atoms with Gasteiger partial charge in [0.2, 0.25) is 5.89 Å². The molecule has 0 spiro atoms. The molecule has 3 rings (SSSR count). The fourth-order valence-corrected chi connectivity index (χ4v) is 1.50. The van der Waals surface area contributed by atoms with Crippen LogP contribution in [0.5, 0.6) is 0 Å². The van der Waals surface area contributed by atoms with Crippen LogP contribution in [0.2, 0.25) is 5.02 Å². The van der Waals surface area contributed by atoms with E-state index < -0.39 is 0 Å². The maximum absolute atomic E-state index is 5.79. The highest BCUT2D eigenvalue weighted by Crippen LogP contribution is 2.31. The van der Waals surface area contributed by atoms with Gasteiger partial charge in [-0.2, -0.15) is 0 Å². The fraction of sp³-hybridized carbons (Fsp3) is 0.182. The van der Waals surface area contributed by atoms with Crippen molar-refractivity contribution in [1.29, 1.82) is 0 Å². The van der Waals surface area contributed by atoms with Gasteiger partial charge in [-0.05, 0) is 24.3 Å². The Morgan fingerprint density at radius 3 is 2.67 bits per heavy atom. The summed E-state index contributed by atoms with van der Waals surface area (Å²) in [6.07, 6.45) is 1.77. The largest absolute Gasteiger partial charge is 0.444 e. The Hall–Kier alpha value is -1.32. The minimum absolute atomic E-state index is 0.134. The molecule has 2 heterocycles. The molecule has 0 bridgehead atoms. The molecule has 1 aromatic carbocycles. The van der Waals surface area contributed by atoms with Gasteiger partial charge in [0.05, 0.1) is 6.61 Å². The molecule has 1 fully saturated rings. The number of nitrogens with zero attached hydrogens (tertiary/aromatic N) is 1. The van der Waals surface area contributed by atoms with E-state index in [-0.39, 0.29) is 6.10 Å². The van der Waals surface area contributed by atoms with Gasteiger partial charge in [0.1, 0.15) is 18.1 Å². The molecule has 76 valence electrons. The van der Waals surface area contributed by atoms with Crippen LogP contribution in [0, 0.1) is 0 Å². The SMILES string of the molecule is Clc1ccc(-c2nc(C3CO3)co2)cc1. The number of halogens is 1. The number of benzene rings is 1. The first-order chi connectivity index (χ1) is 7.33. The van der Waals surface area contributed by atoms with E-state index in [4.69, 9.17) is 20.8 Å². The molecule has 4 heteroatoms. The minimum Gasteiger partial charge on any atom is -0.444 e. The van der Waals surface area contributed by atoms with Crippen molar-refractivity contribution in [3.63, 3.8) is 0 Å². The summed E-state index contributed by atoms with van der Waals surface area (Å²) in [7, 11) is 0. The molecular weight excluding hydrogens is 214 g/mol. The Bertz CT molecular complexity index is 474. The van der Waals surface area contributed by atoms with E-state index in [0.717, 1.165) is 17.9 Å². The van der Waals surface area contributed by atoms with Crippen LogP contribution in [0.4, 0.5) is 0 Å². The van der Waals surface area contributed by atoms with Crippen LogP contribution in [-0.4, -0.2) is 11.6 Å². The minimum atomic E-state index is 0.134. The average molecular weight is 222 g/mol. The number of hydrogen-bond donors (Lipinski definition) is 0. The first-order valence-corrected chi connectivity index (χ1v) is 5.04. The standard InChI is InChI=1S/C11H8ClNO2/c12-8-3-1-7(2-4-8)11-13-9(5-15-11)10-6-14-10/h1-5,10H,6H2. The van der Waals surface area contributed by atoms with Crippen molar-refractivity contribution in [2.75, 3.05) is 6.61 Å². The van der Waals surface area contributed by atoms with Crippen molar-refractivity contribution >= 4 is 11.6 Å². The van der Waals surface area contributed by atoms with Crippen LogP contribution >= 0.6 is 11.6 Å². The van der Waals surface area contributed by atoms with Gasteiger partial charge in [-0.3, -0.25) is 0 Å². The van der Waals surface area contributed by atoms with Gasteiger partial charge in [-0.15, -0.1) is 0 Å². The molecule has 0 aliphatic carbocycles.